The van der Waals surface area contributed by atoms with Crippen LogP contribution in [-0.2, 0) is 30.3 Å². The number of hydrogen-bond acceptors (Lipinski definition) is 6. The van der Waals surface area contributed by atoms with E-state index in [2.05, 4.69) is 6.08 Å². The molecule has 0 spiro atoms. The average molecular weight is 442 g/mol. The molecule has 172 valence electrons. The molecule has 32 heavy (non-hydrogen) atoms. The van der Waals surface area contributed by atoms with E-state index >= 15 is 0 Å². The number of allylic oxidation sites excluding steroid dienone is 1. The summed E-state index contributed by atoms with van der Waals surface area (Å²) in [5.74, 6) is -0.173. The molecule has 1 unspecified atom stereocenters. The zero-order valence-corrected chi connectivity index (χ0v) is 18.9. The highest BCUT2D eigenvalue weighted by molar-refractivity contribution is 5.88. The minimum atomic E-state index is -0.649. The molecule has 2 heterocycles. The molecule has 2 aliphatic heterocycles. The van der Waals surface area contributed by atoms with Gasteiger partial charge in [-0.3, -0.25) is 0 Å². The van der Waals surface area contributed by atoms with Gasteiger partial charge < -0.3 is 23.8 Å². The molecule has 2 aliphatic carbocycles. The van der Waals surface area contributed by atoms with Gasteiger partial charge in [0.1, 0.15) is 12.7 Å². The van der Waals surface area contributed by atoms with Crippen molar-refractivity contribution in [3.05, 3.63) is 47.5 Å². The smallest absolute Gasteiger partial charge is 0.410 e. The van der Waals surface area contributed by atoms with Crippen LogP contribution in [0.5, 0.6) is 0 Å². The number of fused-ring (bicyclic) bond motifs is 3. The molecule has 1 amide bonds. The summed E-state index contributed by atoms with van der Waals surface area (Å²) in [6, 6.07) is 9.63. The second-order valence-electron chi connectivity index (χ2n) is 9.77. The van der Waals surface area contributed by atoms with Crippen molar-refractivity contribution in [2.75, 3.05) is 13.7 Å². The Morgan fingerprint density at radius 2 is 1.94 bits per heavy atom. The van der Waals surface area contributed by atoms with Crippen molar-refractivity contribution >= 4 is 12.1 Å². The molecular weight excluding hydrogens is 410 g/mol. The number of nitrogens with zero attached hydrogens (tertiary/aromatic N) is 1. The van der Waals surface area contributed by atoms with Crippen molar-refractivity contribution in [2.24, 2.45) is 17.8 Å². The van der Waals surface area contributed by atoms with E-state index in [0.717, 1.165) is 30.4 Å². The summed E-state index contributed by atoms with van der Waals surface area (Å²) in [7, 11) is 1.42. The maximum Gasteiger partial charge on any atom is 0.410 e. The Morgan fingerprint density at radius 1 is 1.16 bits per heavy atom. The summed E-state index contributed by atoms with van der Waals surface area (Å²) >= 11 is 0. The molecule has 0 aromatic heterocycles. The summed E-state index contributed by atoms with van der Waals surface area (Å²) in [5, 5.41) is 0. The van der Waals surface area contributed by atoms with E-state index in [1.54, 1.807) is 0 Å². The van der Waals surface area contributed by atoms with E-state index in [1.165, 1.54) is 7.11 Å². The number of carbonyl (C=O) groups is 2. The van der Waals surface area contributed by atoms with Crippen LogP contribution in [0.25, 0.3) is 0 Å². The molecule has 5 rings (SSSR count). The van der Waals surface area contributed by atoms with Crippen molar-refractivity contribution in [1.82, 2.24) is 4.90 Å². The van der Waals surface area contributed by atoms with Crippen molar-refractivity contribution < 1.29 is 28.5 Å². The Balaban J connectivity index is 1.36. The molecule has 1 saturated carbocycles. The van der Waals surface area contributed by atoms with Crippen LogP contribution in [0.4, 0.5) is 4.79 Å². The molecule has 6 atom stereocenters. The molecule has 7 nitrogen and oxygen atoms in total. The van der Waals surface area contributed by atoms with Crippen molar-refractivity contribution in [3.8, 4) is 0 Å². The van der Waals surface area contributed by atoms with E-state index in [-0.39, 0.29) is 54.7 Å². The van der Waals surface area contributed by atoms with Gasteiger partial charge in [-0.1, -0.05) is 36.4 Å². The third kappa shape index (κ3) is 3.82. The molecule has 0 radical (unpaired) electrons. The van der Waals surface area contributed by atoms with Crippen LogP contribution in [0.15, 0.2) is 42.0 Å². The number of esters is 1. The van der Waals surface area contributed by atoms with Gasteiger partial charge in [-0.15, -0.1) is 0 Å². The number of amides is 1. The second kappa shape index (κ2) is 8.19. The number of hydrogen-bond donors (Lipinski definition) is 0. The van der Waals surface area contributed by atoms with Crippen molar-refractivity contribution in [3.63, 3.8) is 0 Å². The Hall–Kier alpha value is -2.38. The fourth-order valence-corrected chi connectivity index (χ4v) is 6.14. The minimum absolute atomic E-state index is 0.0299. The number of benzene rings is 1. The maximum absolute atomic E-state index is 13.2. The lowest BCUT2D eigenvalue weighted by molar-refractivity contribution is -0.159. The first kappa shape index (κ1) is 21.5. The second-order valence-corrected chi connectivity index (χ2v) is 9.77. The first-order valence-electron chi connectivity index (χ1n) is 11.5. The van der Waals surface area contributed by atoms with E-state index in [9.17, 15) is 9.59 Å². The third-order valence-corrected chi connectivity index (χ3v) is 7.42. The fourth-order valence-electron chi connectivity index (χ4n) is 6.14. The number of carbonyl (C=O) groups excluding carboxylic acids is 2. The summed E-state index contributed by atoms with van der Waals surface area (Å²) in [4.78, 5) is 27.1. The van der Waals surface area contributed by atoms with Gasteiger partial charge in [0.2, 0.25) is 0 Å². The van der Waals surface area contributed by atoms with Crippen molar-refractivity contribution in [1.29, 1.82) is 0 Å². The van der Waals surface area contributed by atoms with Crippen molar-refractivity contribution in [2.45, 2.75) is 63.8 Å². The van der Waals surface area contributed by atoms with Crippen LogP contribution in [-0.4, -0.2) is 54.7 Å². The van der Waals surface area contributed by atoms with E-state index < -0.39 is 5.79 Å². The molecular formula is C25H31NO6. The molecule has 1 aromatic rings. The van der Waals surface area contributed by atoms with Crippen LogP contribution in [0.3, 0.4) is 0 Å². The van der Waals surface area contributed by atoms with Crippen LogP contribution < -0.4 is 0 Å². The number of rotatable bonds is 4. The summed E-state index contributed by atoms with van der Waals surface area (Å²) < 4.78 is 23.0. The average Bonchev–Trinajstić information content (AvgIpc) is 3.52. The Kier molecular flexibility index (Phi) is 5.50. The molecule has 0 bridgehead atoms. The Labute approximate surface area is 188 Å². The number of likely N-dealkylation sites (tertiary alicyclic amines) is 1. The molecule has 0 N–H and O–H groups in total. The maximum atomic E-state index is 13.2. The quantitative estimate of drug-likeness (QED) is 0.664. The number of methoxy groups -OCH3 is 1. The van der Waals surface area contributed by atoms with Crippen LogP contribution in [0.2, 0.25) is 0 Å². The molecule has 4 aliphatic rings. The van der Waals surface area contributed by atoms with Gasteiger partial charge in [-0.2, -0.15) is 0 Å². The van der Waals surface area contributed by atoms with Crippen LogP contribution in [0.1, 0.15) is 38.7 Å². The monoisotopic (exact) mass is 441 g/mol. The van der Waals surface area contributed by atoms with E-state index in [0.29, 0.717) is 6.54 Å². The van der Waals surface area contributed by atoms with Gasteiger partial charge in [0.05, 0.1) is 19.3 Å². The van der Waals surface area contributed by atoms with Gasteiger partial charge in [0.15, 0.2) is 5.79 Å². The van der Waals surface area contributed by atoms with Gasteiger partial charge >= 0.3 is 12.1 Å². The summed E-state index contributed by atoms with van der Waals surface area (Å²) in [6.45, 7) is 4.69. The zero-order valence-electron chi connectivity index (χ0n) is 18.9. The van der Waals surface area contributed by atoms with Crippen LogP contribution >= 0.6 is 0 Å². The first-order chi connectivity index (χ1) is 15.4. The van der Waals surface area contributed by atoms with Gasteiger partial charge in [0, 0.05) is 12.1 Å². The summed E-state index contributed by atoms with van der Waals surface area (Å²) in [5.41, 5.74) is 1.70. The first-order valence-corrected chi connectivity index (χ1v) is 11.5. The standard InChI is InChI=1S/C25H31NO6/c1-25(2)31-20-12-18-19(16-9-10-17(11-16)23(27)29-3)13-26(21(18)22(20)32-25)24(28)30-14-15-7-5-4-6-8-15/h4-8,11,16,18-22H,9-10,12-14H2,1-3H3/t16?,18-,19+,20+,21+,22+/m0/s1. The Bertz CT molecular complexity index is 912. The van der Waals surface area contributed by atoms with E-state index in [4.69, 9.17) is 18.9 Å². The SMILES string of the molecule is COC(=O)C1=CC([C@H]2CN(C(=O)OCc3ccccc3)[C@@H]3[C@H]2C[C@H]2OC(C)(C)O[C@@H]32)CC1. The Morgan fingerprint density at radius 3 is 2.69 bits per heavy atom. The highest BCUT2D eigenvalue weighted by Gasteiger charge is 2.62. The number of ether oxygens (including phenoxy) is 4. The molecule has 2 saturated heterocycles. The fraction of sp³-hybridized carbons (Fsp3) is 0.600. The van der Waals surface area contributed by atoms with Crippen LogP contribution in [0, 0.1) is 17.8 Å². The predicted octanol–water partition coefficient (Wildman–Crippen LogP) is 3.67. The lowest BCUT2D eigenvalue weighted by Gasteiger charge is -2.28. The van der Waals surface area contributed by atoms with Gasteiger partial charge in [0.25, 0.3) is 0 Å². The predicted molar refractivity (Wildman–Crippen MR) is 115 cm³/mol. The lowest BCUT2D eigenvalue weighted by Crippen LogP contribution is -2.45. The lowest BCUT2D eigenvalue weighted by atomic mass is 9.81. The van der Waals surface area contributed by atoms with E-state index in [1.807, 2.05) is 49.1 Å². The molecule has 7 heteroatoms. The summed E-state index contributed by atoms with van der Waals surface area (Å²) in [6.07, 6.45) is 4.03. The third-order valence-electron chi connectivity index (χ3n) is 7.42. The topological polar surface area (TPSA) is 74.3 Å². The normalized spacial score (nSPS) is 34.7. The van der Waals surface area contributed by atoms with Gasteiger partial charge in [-0.05, 0) is 56.4 Å². The van der Waals surface area contributed by atoms with Gasteiger partial charge in [-0.25, -0.2) is 9.59 Å². The minimum Gasteiger partial charge on any atom is -0.466 e. The molecule has 1 aromatic carbocycles. The zero-order chi connectivity index (χ0) is 22.5. The highest BCUT2D eigenvalue weighted by atomic mass is 16.8. The highest BCUT2D eigenvalue weighted by Crippen LogP contribution is 2.52. The molecule has 3 fully saturated rings. The largest absolute Gasteiger partial charge is 0.466 e.